The molecule has 0 saturated carbocycles. The first kappa shape index (κ1) is 14.3. The molecule has 21 heavy (non-hydrogen) atoms. The van der Waals surface area contributed by atoms with Crippen LogP contribution >= 0.6 is 11.3 Å². The van der Waals surface area contributed by atoms with Crippen LogP contribution in [0.1, 0.15) is 39.7 Å². The molecule has 2 aromatic rings. The first-order chi connectivity index (χ1) is 10.3. The summed E-state index contributed by atoms with van der Waals surface area (Å²) in [7, 11) is 1.67. The van der Waals surface area contributed by atoms with Crippen LogP contribution in [-0.4, -0.2) is 24.5 Å². The number of rotatable bonds is 4. The monoisotopic (exact) mass is 301 g/mol. The van der Waals surface area contributed by atoms with Crippen molar-refractivity contribution < 1.29 is 9.53 Å². The quantitative estimate of drug-likeness (QED) is 0.858. The van der Waals surface area contributed by atoms with E-state index in [1.54, 1.807) is 18.4 Å². The molecule has 0 radical (unpaired) electrons. The van der Waals surface area contributed by atoms with Gasteiger partial charge in [0.05, 0.1) is 12.6 Å². The van der Waals surface area contributed by atoms with Gasteiger partial charge in [-0.15, -0.1) is 11.3 Å². The van der Waals surface area contributed by atoms with Crippen molar-refractivity contribution in [2.45, 2.75) is 25.5 Å². The van der Waals surface area contributed by atoms with E-state index in [1.807, 2.05) is 29.2 Å². The third-order valence-corrected chi connectivity index (χ3v) is 4.84. The summed E-state index contributed by atoms with van der Waals surface area (Å²) in [6.07, 6.45) is 2.14. The first-order valence-electron chi connectivity index (χ1n) is 7.22. The number of likely N-dealkylation sites (tertiary alicyclic amines) is 1. The Balaban J connectivity index is 1.82. The standard InChI is InChI=1S/C17H19NO2S/c1-20-12-13-5-2-6-14(11-13)17(19)18-9-3-7-15(18)16-8-4-10-21-16/h2,4-6,8,10-11,15H,3,7,9,12H2,1H3. The summed E-state index contributed by atoms with van der Waals surface area (Å²) < 4.78 is 5.14. The number of methoxy groups -OCH3 is 1. The molecule has 1 aromatic heterocycles. The maximum atomic E-state index is 12.8. The lowest BCUT2D eigenvalue weighted by atomic mass is 10.1. The van der Waals surface area contributed by atoms with Crippen molar-refractivity contribution in [2.75, 3.05) is 13.7 Å². The topological polar surface area (TPSA) is 29.5 Å². The fraction of sp³-hybridized carbons (Fsp3) is 0.353. The van der Waals surface area contributed by atoms with E-state index >= 15 is 0 Å². The second-order valence-corrected chi connectivity index (χ2v) is 6.28. The van der Waals surface area contributed by atoms with Crippen LogP contribution in [0.5, 0.6) is 0 Å². The van der Waals surface area contributed by atoms with Gasteiger partial charge in [-0.05, 0) is 42.0 Å². The first-order valence-corrected chi connectivity index (χ1v) is 8.10. The molecule has 4 heteroatoms. The lowest BCUT2D eigenvalue weighted by molar-refractivity contribution is 0.0737. The van der Waals surface area contributed by atoms with E-state index in [-0.39, 0.29) is 11.9 Å². The van der Waals surface area contributed by atoms with Gasteiger partial charge in [0.25, 0.3) is 5.91 Å². The largest absolute Gasteiger partial charge is 0.380 e. The van der Waals surface area contributed by atoms with Crippen LogP contribution < -0.4 is 0 Å². The number of hydrogen-bond donors (Lipinski definition) is 0. The molecule has 1 aliphatic heterocycles. The summed E-state index contributed by atoms with van der Waals surface area (Å²) in [5.41, 5.74) is 1.79. The molecule has 110 valence electrons. The Hall–Kier alpha value is -1.65. The van der Waals surface area contributed by atoms with E-state index in [1.165, 1.54) is 4.88 Å². The van der Waals surface area contributed by atoms with E-state index in [4.69, 9.17) is 4.74 Å². The minimum absolute atomic E-state index is 0.129. The SMILES string of the molecule is COCc1cccc(C(=O)N2CCCC2c2cccs2)c1. The van der Waals surface area contributed by atoms with Crippen LogP contribution in [-0.2, 0) is 11.3 Å². The highest BCUT2D eigenvalue weighted by Gasteiger charge is 2.31. The van der Waals surface area contributed by atoms with E-state index in [0.717, 1.165) is 30.5 Å². The molecule has 0 aliphatic carbocycles. The van der Waals surface area contributed by atoms with Gasteiger partial charge in [0.2, 0.25) is 0 Å². The zero-order valence-electron chi connectivity index (χ0n) is 12.1. The van der Waals surface area contributed by atoms with Crippen LogP contribution in [0.4, 0.5) is 0 Å². The summed E-state index contributed by atoms with van der Waals surface area (Å²) in [4.78, 5) is 16.1. The van der Waals surface area contributed by atoms with Gasteiger partial charge in [-0.25, -0.2) is 0 Å². The molecule has 1 aromatic carbocycles. The Morgan fingerprint density at radius 3 is 3.05 bits per heavy atom. The fourth-order valence-corrected chi connectivity index (χ4v) is 3.79. The van der Waals surface area contributed by atoms with E-state index in [0.29, 0.717) is 6.61 Å². The van der Waals surface area contributed by atoms with Crippen molar-refractivity contribution in [3.8, 4) is 0 Å². The molecule has 1 atom stereocenters. The molecule has 3 nitrogen and oxygen atoms in total. The Bertz CT molecular complexity index is 609. The lowest BCUT2D eigenvalue weighted by Gasteiger charge is -2.24. The number of nitrogens with zero attached hydrogens (tertiary/aromatic N) is 1. The molecular weight excluding hydrogens is 282 g/mol. The van der Waals surface area contributed by atoms with Gasteiger partial charge in [-0.1, -0.05) is 18.2 Å². The Morgan fingerprint density at radius 1 is 1.38 bits per heavy atom. The van der Waals surface area contributed by atoms with Crippen molar-refractivity contribution in [2.24, 2.45) is 0 Å². The van der Waals surface area contributed by atoms with Gasteiger partial charge in [0.15, 0.2) is 0 Å². The average Bonchev–Trinajstić information content (AvgIpc) is 3.18. The Kier molecular flexibility index (Phi) is 4.36. The molecule has 1 fully saturated rings. The highest BCUT2D eigenvalue weighted by atomic mass is 32.1. The molecule has 1 saturated heterocycles. The predicted octanol–water partition coefficient (Wildman–Crippen LogP) is 3.87. The van der Waals surface area contributed by atoms with E-state index in [2.05, 4.69) is 17.5 Å². The highest BCUT2D eigenvalue weighted by Crippen LogP contribution is 2.35. The lowest BCUT2D eigenvalue weighted by Crippen LogP contribution is -2.30. The third kappa shape index (κ3) is 3.01. The smallest absolute Gasteiger partial charge is 0.254 e. The molecule has 0 N–H and O–H groups in total. The molecule has 0 bridgehead atoms. The number of thiophene rings is 1. The summed E-state index contributed by atoms with van der Waals surface area (Å²) in [5.74, 6) is 0.129. The van der Waals surface area contributed by atoms with Crippen molar-refractivity contribution in [1.29, 1.82) is 0 Å². The van der Waals surface area contributed by atoms with Crippen LogP contribution in [0.2, 0.25) is 0 Å². The molecule has 1 amide bonds. The van der Waals surface area contributed by atoms with Crippen molar-refractivity contribution in [3.63, 3.8) is 0 Å². The number of ether oxygens (including phenoxy) is 1. The van der Waals surface area contributed by atoms with Crippen LogP contribution in [0.3, 0.4) is 0 Å². The normalized spacial score (nSPS) is 18.1. The summed E-state index contributed by atoms with van der Waals surface area (Å²) >= 11 is 1.73. The summed E-state index contributed by atoms with van der Waals surface area (Å²) in [6, 6.07) is 12.2. The minimum atomic E-state index is 0.129. The third-order valence-electron chi connectivity index (χ3n) is 3.87. The van der Waals surface area contributed by atoms with Crippen molar-refractivity contribution in [1.82, 2.24) is 4.90 Å². The second-order valence-electron chi connectivity index (χ2n) is 5.31. The molecule has 2 heterocycles. The summed E-state index contributed by atoms with van der Waals surface area (Å²) in [5, 5.41) is 2.08. The maximum absolute atomic E-state index is 12.8. The van der Waals surface area contributed by atoms with Crippen molar-refractivity contribution >= 4 is 17.2 Å². The van der Waals surface area contributed by atoms with Crippen LogP contribution in [0.15, 0.2) is 41.8 Å². The second kappa shape index (κ2) is 6.41. The minimum Gasteiger partial charge on any atom is -0.380 e. The van der Waals surface area contributed by atoms with Crippen molar-refractivity contribution in [3.05, 3.63) is 57.8 Å². The van der Waals surface area contributed by atoms with Gasteiger partial charge in [-0.2, -0.15) is 0 Å². The molecular formula is C17H19NO2S. The van der Waals surface area contributed by atoms with Gasteiger partial charge >= 0.3 is 0 Å². The number of amides is 1. The fourth-order valence-electron chi connectivity index (χ4n) is 2.91. The summed E-state index contributed by atoms with van der Waals surface area (Å²) in [6.45, 7) is 1.38. The van der Waals surface area contributed by atoms with Gasteiger partial charge in [0.1, 0.15) is 0 Å². The predicted molar refractivity (Wildman–Crippen MR) is 84.5 cm³/mol. The zero-order valence-corrected chi connectivity index (χ0v) is 12.9. The Morgan fingerprint density at radius 2 is 2.29 bits per heavy atom. The van der Waals surface area contributed by atoms with Crippen LogP contribution in [0, 0.1) is 0 Å². The molecule has 1 aliphatic rings. The van der Waals surface area contributed by atoms with Gasteiger partial charge in [-0.3, -0.25) is 4.79 Å². The Labute approximate surface area is 129 Å². The number of carbonyl (C=O) groups excluding carboxylic acids is 1. The number of benzene rings is 1. The van der Waals surface area contributed by atoms with Crippen LogP contribution in [0.25, 0.3) is 0 Å². The van der Waals surface area contributed by atoms with E-state index in [9.17, 15) is 4.79 Å². The molecule has 0 spiro atoms. The van der Waals surface area contributed by atoms with E-state index < -0.39 is 0 Å². The number of hydrogen-bond acceptors (Lipinski definition) is 3. The van der Waals surface area contributed by atoms with Gasteiger partial charge < -0.3 is 9.64 Å². The molecule has 3 rings (SSSR count). The zero-order chi connectivity index (χ0) is 14.7. The number of carbonyl (C=O) groups is 1. The van der Waals surface area contributed by atoms with Gasteiger partial charge in [0, 0.05) is 24.1 Å². The molecule has 1 unspecified atom stereocenters. The maximum Gasteiger partial charge on any atom is 0.254 e. The average molecular weight is 301 g/mol. The highest BCUT2D eigenvalue weighted by molar-refractivity contribution is 7.10.